The van der Waals surface area contributed by atoms with Gasteiger partial charge >= 0.3 is 11.9 Å². The smallest absolute Gasteiger partial charge is 0.306 e. The van der Waals surface area contributed by atoms with Crippen molar-refractivity contribution in [3.63, 3.8) is 0 Å². The average Bonchev–Trinajstić information content (AvgIpc) is 1.23. The number of allylic oxidation sites excluding steroid dienone is 20. The lowest BCUT2D eigenvalue weighted by atomic mass is 10.0. The van der Waals surface area contributed by atoms with Crippen LogP contribution in [0.2, 0.25) is 0 Å². The largest absolute Gasteiger partial charge is 0.756 e. The third kappa shape index (κ3) is 81.4. The molecule has 10 heteroatoms. The molecule has 0 fully saturated rings. The maximum Gasteiger partial charge on any atom is 0.306 e. The molecule has 0 aromatic rings. The topological polar surface area (TPSA) is 111 Å². The Kier molecular flexibility index (Phi) is 74.7. The van der Waals surface area contributed by atoms with E-state index in [1.807, 2.05) is 21.1 Å². The van der Waals surface area contributed by atoms with Crippen LogP contribution in [0.5, 0.6) is 0 Å². The van der Waals surface area contributed by atoms with E-state index in [9.17, 15) is 19.0 Å². The quantitative estimate of drug-likeness (QED) is 0.0195. The molecular formula is C88H156NO8P. The molecule has 0 aromatic carbocycles. The summed E-state index contributed by atoms with van der Waals surface area (Å²) >= 11 is 0. The van der Waals surface area contributed by atoms with Gasteiger partial charge in [0.1, 0.15) is 19.8 Å². The summed E-state index contributed by atoms with van der Waals surface area (Å²) in [6.07, 6.45) is 112. The van der Waals surface area contributed by atoms with E-state index in [2.05, 4.69) is 135 Å². The number of unbranched alkanes of at least 4 members (excludes halogenated alkanes) is 42. The first-order valence-corrected chi connectivity index (χ1v) is 42.7. The number of esters is 2. The Morgan fingerprint density at radius 2 is 0.582 bits per heavy atom. The van der Waals surface area contributed by atoms with E-state index >= 15 is 0 Å². The van der Waals surface area contributed by atoms with E-state index < -0.39 is 26.5 Å². The minimum absolute atomic E-state index is 0.0342. The highest BCUT2D eigenvalue weighted by Crippen LogP contribution is 2.38. The van der Waals surface area contributed by atoms with Crippen LogP contribution in [-0.4, -0.2) is 70.0 Å². The standard InChI is InChI=1S/C88H156NO8P/c1-6-8-10-12-14-16-18-20-22-24-26-28-30-32-34-36-38-40-42-43-44-45-47-49-51-53-55-57-59-61-63-65-67-69-71-73-75-77-79-81-88(91)97-86(85-96-98(92,93)95-83-82-89(3,4)5)84-94-87(90)80-78-76-74-72-70-68-66-64-62-60-58-56-54-52-50-48-46-41-39-37-35-33-31-29-27-25-23-21-19-17-15-13-11-9-7-2/h8,10,14,16,20,22,25-28,32,34,38,40,43-44,47,49,53,55,86H,6-7,9,11-13,15,17-19,21,23-24,29-31,33,35-37,39,41-42,45-46,48,50-52,54,56-85H2,1-5H3/b10-8-,16-14-,22-20-,27-25-,28-26-,34-32-,40-38-,44-43-,49-47-,55-53-. The van der Waals surface area contributed by atoms with Crippen molar-refractivity contribution in [2.24, 2.45) is 0 Å². The maximum absolute atomic E-state index is 12.9. The first kappa shape index (κ1) is 94.4. The second kappa shape index (κ2) is 77.6. The molecule has 0 spiro atoms. The van der Waals surface area contributed by atoms with E-state index in [-0.39, 0.29) is 32.0 Å². The Labute approximate surface area is 607 Å². The van der Waals surface area contributed by atoms with Crippen molar-refractivity contribution in [2.75, 3.05) is 47.5 Å². The van der Waals surface area contributed by atoms with Gasteiger partial charge in [-0.25, -0.2) is 0 Å². The van der Waals surface area contributed by atoms with Gasteiger partial charge in [0, 0.05) is 12.8 Å². The molecule has 2 unspecified atom stereocenters. The zero-order valence-electron chi connectivity index (χ0n) is 64.7. The highest BCUT2D eigenvalue weighted by molar-refractivity contribution is 7.45. The fraction of sp³-hybridized carbons (Fsp3) is 0.750. The summed E-state index contributed by atoms with van der Waals surface area (Å²) in [5, 5.41) is 0. The Morgan fingerprint density at radius 3 is 0.878 bits per heavy atom. The number of nitrogens with zero attached hydrogens (tertiary/aromatic N) is 1. The highest BCUT2D eigenvalue weighted by atomic mass is 31.2. The summed E-state index contributed by atoms with van der Waals surface area (Å²) in [7, 11) is 1.17. The van der Waals surface area contributed by atoms with Crippen molar-refractivity contribution >= 4 is 19.8 Å². The number of hydrogen-bond donors (Lipinski definition) is 0. The summed E-state index contributed by atoms with van der Waals surface area (Å²) in [4.78, 5) is 38.2. The first-order chi connectivity index (χ1) is 48.0. The van der Waals surface area contributed by atoms with Crippen molar-refractivity contribution in [1.82, 2.24) is 0 Å². The van der Waals surface area contributed by atoms with E-state index in [4.69, 9.17) is 18.5 Å². The molecule has 0 saturated heterocycles. The number of likely N-dealkylation sites (N-methyl/N-ethyl adjacent to an activating group) is 1. The molecule has 2 atom stereocenters. The number of phosphoric acid groups is 1. The van der Waals surface area contributed by atoms with Crippen LogP contribution in [0.3, 0.4) is 0 Å². The molecule has 9 nitrogen and oxygen atoms in total. The summed E-state index contributed by atoms with van der Waals surface area (Å²) in [5.41, 5.74) is 0. The third-order valence-corrected chi connectivity index (χ3v) is 18.9. The molecule has 0 rings (SSSR count). The zero-order valence-corrected chi connectivity index (χ0v) is 65.6. The summed E-state index contributed by atoms with van der Waals surface area (Å²) in [5.74, 6) is -0.826. The lowest BCUT2D eigenvalue weighted by Crippen LogP contribution is -2.37. The number of carbonyl (C=O) groups excluding carboxylic acids is 2. The Hall–Kier alpha value is -3.59. The molecule has 0 saturated carbocycles. The van der Waals surface area contributed by atoms with Crippen LogP contribution >= 0.6 is 7.82 Å². The van der Waals surface area contributed by atoms with Crippen LogP contribution < -0.4 is 4.89 Å². The predicted octanol–water partition coefficient (Wildman–Crippen LogP) is 27.1. The van der Waals surface area contributed by atoms with Crippen LogP contribution in [0.1, 0.15) is 373 Å². The normalized spacial score (nSPS) is 13.7. The van der Waals surface area contributed by atoms with E-state index in [0.717, 1.165) is 103 Å². The van der Waals surface area contributed by atoms with Crippen LogP contribution in [0.4, 0.5) is 0 Å². The molecule has 98 heavy (non-hydrogen) atoms. The second-order valence-electron chi connectivity index (χ2n) is 28.8. The van der Waals surface area contributed by atoms with Gasteiger partial charge in [0.25, 0.3) is 7.82 Å². The van der Waals surface area contributed by atoms with Crippen molar-refractivity contribution in [3.8, 4) is 0 Å². The molecule has 0 aliphatic carbocycles. The van der Waals surface area contributed by atoms with Gasteiger partial charge in [0.15, 0.2) is 6.10 Å². The average molecular weight is 1390 g/mol. The Morgan fingerprint density at radius 1 is 0.327 bits per heavy atom. The van der Waals surface area contributed by atoms with Gasteiger partial charge in [0.05, 0.1) is 27.7 Å². The minimum Gasteiger partial charge on any atom is -0.756 e. The van der Waals surface area contributed by atoms with E-state index in [0.29, 0.717) is 17.4 Å². The van der Waals surface area contributed by atoms with Gasteiger partial charge in [-0.1, -0.05) is 373 Å². The molecule has 0 N–H and O–H groups in total. The van der Waals surface area contributed by atoms with E-state index in [1.165, 1.54) is 238 Å². The molecular weight excluding hydrogens is 1230 g/mol. The second-order valence-corrected chi connectivity index (χ2v) is 30.2. The van der Waals surface area contributed by atoms with Crippen LogP contribution in [0.25, 0.3) is 0 Å². The van der Waals surface area contributed by atoms with Gasteiger partial charge in [-0.2, -0.15) is 0 Å². The fourth-order valence-electron chi connectivity index (χ4n) is 11.7. The van der Waals surface area contributed by atoms with Crippen molar-refractivity contribution in [1.29, 1.82) is 0 Å². The lowest BCUT2D eigenvalue weighted by molar-refractivity contribution is -0.870. The SMILES string of the molecule is CC/C=C\C/C=C\C/C=C\C/C=C\C/C=C\C/C=C\C/C=C\C/C=C\C/C=C\CCCCCCCCCCCCCC(=O)OC(COC(=O)CCCCCCCCCCCCCCCCCCCCCCCCC/C=C\CCCCCCCCCC)COP(=O)([O-])OCC[N+](C)(C)C. The number of quaternary nitrogens is 1. The Bertz CT molecular complexity index is 2070. The van der Waals surface area contributed by atoms with E-state index in [1.54, 1.807) is 0 Å². The van der Waals surface area contributed by atoms with Crippen molar-refractivity contribution < 1.29 is 42.1 Å². The van der Waals surface area contributed by atoms with Gasteiger partial charge in [-0.05, 0) is 109 Å². The molecule has 0 radical (unpaired) electrons. The summed E-state index contributed by atoms with van der Waals surface area (Å²) < 4.78 is 34.4. The molecule has 566 valence electrons. The fourth-order valence-corrected chi connectivity index (χ4v) is 12.4. The number of phosphoric ester groups is 1. The monoisotopic (exact) mass is 1390 g/mol. The van der Waals surface area contributed by atoms with Crippen molar-refractivity contribution in [3.05, 3.63) is 122 Å². The molecule has 0 amide bonds. The predicted molar refractivity (Wildman–Crippen MR) is 425 cm³/mol. The van der Waals surface area contributed by atoms with Crippen molar-refractivity contribution in [2.45, 2.75) is 380 Å². The van der Waals surface area contributed by atoms with Gasteiger partial charge in [0.2, 0.25) is 0 Å². The highest BCUT2D eigenvalue weighted by Gasteiger charge is 2.22. The molecule has 0 aliphatic rings. The summed E-state index contributed by atoms with van der Waals surface area (Å²) in [6.45, 7) is 4.16. The zero-order chi connectivity index (χ0) is 71.1. The first-order valence-electron chi connectivity index (χ1n) is 41.2. The molecule has 0 bridgehead atoms. The van der Waals surface area contributed by atoms with Gasteiger partial charge in [-0.15, -0.1) is 0 Å². The molecule has 0 aromatic heterocycles. The molecule has 0 aliphatic heterocycles. The number of hydrogen-bond acceptors (Lipinski definition) is 8. The lowest BCUT2D eigenvalue weighted by Gasteiger charge is -2.28. The number of carbonyl (C=O) groups is 2. The number of ether oxygens (including phenoxy) is 2. The van der Waals surface area contributed by atoms with Crippen LogP contribution in [0.15, 0.2) is 122 Å². The van der Waals surface area contributed by atoms with Crippen LogP contribution in [0, 0.1) is 0 Å². The van der Waals surface area contributed by atoms with Crippen LogP contribution in [-0.2, 0) is 32.7 Å². The number of rotatable bonds is 76. The van der Waals surface area contributed by atoms with Gasteiger partial charge < -0.3 is 27.9 Å². The van der Waals surface area contributed by atoms with Gasteiger partial charge in [-0.3, -0.25) is 14.2 Å². The third-order valence-electron chi connectivity index (χ3n) is 18.0. The minimum atomic E-state index is -4.65. The molecule has 0 heterocycles. The Balaban J connectivity index is 3.98. The maximum atomic E-state index is 12.9. The summed E-state index contributed by atoms with van der Waals surface area (Å²) in [6, 6.07) is 0.